The van der Waals surface area contributed by atoms with Gasteiger partial charge in [0.1, 0.15) is 12.2 Å². The summed E-state index contributed by atoms with van der Waals surface area (Å²) >= 11 is 0. The van der Waals surface area contributed by atoms with Crippen LogP contribution in [-0.2, 0) is 4.74 Å². The summed E-state index contributed by atoms with van der Waals surface area (Å²) in [6, 6.07) is 0. The fourth-order valence-electron chi connectivity index (χ4n) is 0.861. The molecule has 1 fully saturated rings. The van der Waals surface area contributed by atoms with Gasteiger partial charge in [0, 0.05) is 0 Å². The van der Waals surface area contributed by atoms with Crippen molar-refractivity contribution < 1.29 is 28.8 Å². The molecule has 4 nitrogen and oxygen atoms in total. The van der Waals surface area contributed by atoms with Crippen molar-refractivity contribution in [2.24, 2.45) is 0 Å². The molecule has 66 valence electrons. The van der Waals surface area contributed by atoms with E-state index in [4.69, 9.17) is 15.3 Å². The highest BCUT2D eigenvalue weighted by Crippen LogP contribution is 2.32. The molecule has 4 atom stereocenters. The van der Waals surface area contributed by atoms with E-state index in [1.807, 2.05) is 0 Å². The number of rotatable bonds is 1. The Balaban J connectivity index is 2.71. The van der Waals surface area contributed by atoms with Gasteiger partial charge in [-0.15, -0.1) is 0 Å². The fourth-order valence-corrected chi connectivity index (χ4v) is 0.861. The van der Waals surface area contributed by atoms with Gasteiger partial charge in [-0.3, -0.25) is 0 Å². The first-order chi connectivity index (χ1) is 5.00. The predicted molar refractivity (Wildman–Crippen MR) is 28.9 cm³/mol. The number of aliphatic hydroxyl groups excluding tert-OH is 2. The van der Waals surface area contributed by atoms with Crippen LogP contribution in [0.25, 0.3) is 0 Å². The first kappa shape index (κ1) is 8.79. The molecular weight excluding hydrogens is 162 g/mol. The van der Waals surface area contributed by atoms with Gasteiger partial charge in [-0.2, -0.15) is 0 Å². The smallest absolute Gasteiger partial charge is 0.291 e. The van der Waals surface area contributed by atoms with Gasteiger partial charge in [0.15, 0.2) is 0 Å². The second kappa shape index (κ2) is 2.63. The largest absolute Gasteiger partial charge is 0.394 e. The Kier molecular flexibility index (Phi) is 2.10. The van der Waals surface area contributed by atoms with Gasteiger partial charge in [-0.1, -0.05) is 0 Å². The summed E-state index contributed by atoms with van der Waals surface area (Å²) in [6.45, 7) is -0.742. The highest BCUT2D eigenvalue weighted by molar-refractivity contribution is 4.91. The third kappa shape index (κ3) is 1.22. The maximum absolute atomic E-state index is 12.5. The SMILES string of the molecule is OC[C@H]1OC(F)[C@@](O)(F)[C@@H]1O. The molecule has 0 amide bonds. The van der Waals surface area contributed by atoms with E-state index >= 15 is 0 Å². The van der Waals surface area contributed by atoms with Crippen LogP contribution >= 0.6 is 0 Å². The topological polar surface area (TPSA) is 69.9 Å². The van der Waals surface area contributed by atoms with Crippen LogP contribution < -0.4 is 0 Å². The zero-order valence-corrected chi connectivity index (χ0v) is 5.44. The van der Waals surface area contributed by atoms with Crippen LogP contribution in [0.1, 0.15) is 0 Å². The summed E-state index contributed by atoms with van der Waals surface area (Å²) in [4.78, 5) is 0. The average molecular weight is 170 g/mol. The van der Waals surface area contributed by atoms with Crippen LogP contribution in [-0.4, -0.2) is 46.3 Å². The Labute approximate surface area is 61.0 Å². The maximum atomic E-state index is 12.5. The van der Waals surface area contributed by atoms with Gasteiger partial charge in [0.05, 0.1) is 6.61 Å². The van der Waals surface area contributed by atoms with Crippen molar-refractivity contribution in [3.8, 4) is 0 Å². The summed E-state index contributed by atoms with van der Waals surface area (Å²) in [5.41, 5.74) is 0. The molecule has 11 heavy (non-hydrogen) atoms. The summed E-state index contributed by atoms with van der Waals surface area (Å²) in [5.74, 6) is -3.41. The lowest BCUT2D eigenvalue weighted by Crippen LogP contribution is -2.43. The highest BCUT2D eigenvalue weighted by Gasteiger charge is 2.57. The first-order valence-corrected chi connectivity index (χ1v) is 3.00. The van der Waals surface area contributed by atoms with Crippen molar-refractivity contribution in [3.63, 3.8) is 0 Å². The van der Waals surface area contributed by atoms with Gasteiger partial charge in [-0.25, -0.2) is 8.78 Å². The molecule has 0 saturated carbocycles. The number of hydrogen-bond donors (Lipinski definition) is 3. The molecule has 1 aliphatic rings. The fraction of sp³-hybridized carbons (Fsp3) is 1.00. The lowest BCUT2D eigenvalue weighted by molar-refractivity contribution is -0.210. The minimum absolute atomic E-state index is 0.742. The molecule has 0 aromatic rings. The van der Waals surface area contributed by atoms with Crippen molar-refractivity contribution in [2.45, 2.75) is 24.4 Å². The van der Waals surface area contributed by atoms with E-state index in [-0.39, 0.29) is 0 Å². The Bertz CT molecular complexity index is 151. The zero-order valence-electron chi connectivity index (χ0n) is 5.44. The Morgan fingerprint density at radius 2 is 2.09 bits per heavy atom. The van der Waals surface area contributed by atoms with Crippen molar-refractivity contribution in [3.05, 3.63) is 0 Å². The normalized spacial score (nSPS) is 51.5. The second-order valence-corrected chi connectivity index (χ2v) is 2.35. The third-order valence-corrected chi connectivity index (χ3v) is 1.56. The number of ether oxygens (including phenoxy) is 1. The molecule has 1 aliphatic heterocycles. The van der Waals surface area contributed by atoms with Crippen molar-refractivity contribution in [1.29, 1.82) is 0 Å². The number of aliphatic hydroxyl groups is 3. The van der Waals surface area contributed by atoms with E-state index in [1.54, 1.807) is 0 Å². The molecule has 0 radical (unpaired) electrons. The standard InChI is InChI=1S/C5H8F2O4/c6-4-5(7,10)3(9)2(1-8)11-4/h2-4,8-10H,1H2/t2-,3-,4?,5-/m1/s1. The van der Waals surface area contributed by atoms with Gasteiger partial charge >= 0.3 is 0 Å². The van der Waals surface area contributed by atoms with E-state index in [0.29, 0.717) is 0 Å². The number of alkyl halides is 2. The first-order valence-electron chi connectivity index (χ1n) is 3.00. The molecule has 0 bridgehead atoms. The summed E-state index contributed by atoms with van der Waals surface area (Å²) in [5, 5.41) is 25.6. The van der Waals surface area contributed by atoms with Crippen molar-refractivity contribution in [1.82, 2.24) is 0 Å². The van der Waals surface area contributed by atoms with Crippen LogP contribution in [0.2, 0.25) is 0 Å². The molecule has 3 N–H and O–H groups in total. The molecule has 0 aromatic heterocycles. The molecule has 0 aromatic carbocycles. The molecule has 0 aliphatic carbocycles. The minimum atomic E-state index is -3.41. The molecule has 1 heterocycles. The maximum Gasteiger partial charge on any atom is 0.291 e. The summed E-state index contributed by atoms with van der Waals surface area (Å²) < 4.78 is 28.8. The average Bonchev–Trinajstić information content (AvgIpc) is 2.14. The second-order valence-electron chi connectivity index (χ2n) is 2.35. The molecule has 6 heteroatoms. The highest BCUT2D eigenvalue weighted by atomic mass is 19.2. The number of hydrogen-bond acceptors (Lipinski definition) is 4. The number of halogens is 2. The van der Waals surface area contributed by atoms with E-state index in [9.17, 15) is 8.78 Å². The molecule has 1 saturated heterocycles. The molecule has 1 unspecified atom stereocenters. The molecule has 1 rings (SSSR count). The predicted octanol–water partition coefficient (Wildman–Crippen LogP) is -1.31. The summed E-state index contributed by atoms with van der Waals surface area (Å²) in [6.07, 6.45) is -6.04. The lowest BCUT2D eigenvalue weighted by atomic mass is 10.1. The third-order valence-electron chi connectivity index (χ3n) is 1.56. The lowest BCUT2D eigenvalue weighted by Gasteiger charge is -2.16. The van der Waals surface area contributed by atoms with E-state index in [0.717, 1.165) is 0 Å². The van der Waals surface area contributed by atoms with Crippen LogP contribution in [0.4, 0.5) is 8.78 Å². The Morgan fingerprint density at radius 3 is 2.27 bits per heavy atom. The van der Waals surface area contributed by atoms with Crippen molar-refractivity contribution in [2.75, 3.05) is 6.61 Å². The van der Waals surface area contributed by atoms with Crippen LogP contribution in [0, 0.1) is 0 Å². The Hall–Kier alpha value is -0.300. The van der Waals surface area contributed by atoms with Gasteiger partial charge < -0.3 is 20.1 Å². The monoisotopic (exact) mass is 170 g/mol. The van der Waals surface area contributed by atoms with E-state index in [1.165, 1.54) is 0 Å². The van der Waals surface area contributed by atoms with Crippen molar-refractivity contribution >= 4 is 0 Å². The van der Waals surface area contributed by atoms with E-state index in [2.05, 4.69) is 4.74 Å². The van der Waals surface area contributed by atoms with Gasteiger partial charge in [0.2, 0.25) is 0 Å². The van der Waals surface area contributed by atoms with Gasteiger partial charge in [0.25, 0.3) is 12.2 Å². The zero-order chi connectivity index (χ0) is 8.65. The quantitative estimate of drug-likeness (QED) is 0.457. The molecular formula is C5H8F2O4. The van der Waals surface area contributed by atoms with Crippen LogP contribution in [0.3, 0.4) is 0 Å². The van der Waals surface area contributed by atoms with Crippen LogP contribution in [0.5, 0.6) is 0 Å². The Morgan fingerprint density at radius 1 is 1.55 bits per heavy atom. The molecule has 0 spiro atoms. The van der Waals surface area contributed by atoms with Gasteiger partial charge in [-0.05, 0) is 0 Å². The summed E-state index contributed by atoms with van der Waals surface area (Å²) in [7, 11) is 0. The van der Waals surface area contributed by atoms with Crippen LogP contribution in [0.15, 0.2) is 0 Å². The van der Waals surface area contributed by atoms with E-state index < -0.39 is 31.0 Å². The minimum Gasteiger partial charge on any atom is -0.394 e.